The fourth-order valence-corrected chi connectivity index (χ4v) is 2.08. The highest BCUT2D eigenvalue weighted by Gasteiger charge is 2.06. The van der Waals surface area contributed by atoms with Crippen molar-refractivity contribution in [2.75, 3.05) is 0 Å². The van der Waals surface area contributed by atoms with Gasteiger partial charge in [-0.05, 0) is 24.0 Å². The molecule has 0 unspecified atom stereocenters. The predicted octanol–water partition coefficient (Wildman–Crippen LogP) is 2.82. The van der Waals surface area contributed by atoms with Crippen LogP contribution in [-0.4, -0.2) is 9.55 Å². The lowest BCUT2D eigenvalue weighted by Crippen LogP contribution is -2.09. The van der Waals surface area contributed by atoms with Crippen LogP contribution in [0.5, 0.6) is 0 Å². The van der Waals surface area contributed by atoms with Crippen molar-refractivity contribution < 1.29 is 0 Å². The standard InChI is InChI=1S/C15H21N3/c1-11(2)14-6-4-13(5-7-14)10-18-12(3)17-9-15(18)8-16/h4-7,9,11H,8,10,16H2,1-3H3. The van der Waals surface area contributed by atoms with Crippen LogP contribution in [0.2, 0.25) is 0 Å². The van der Waals surface area contributed by atoms with Crippen molar-refractivity contribution in [1.29, 1.82) is 0 Å². The largest absolute Gasteiger partial charge is 0.327 e. The number of imidazole rings is 1. The fourth-order valence-electron chi connectivity index (χ4n) is 2.08. The van der Waals surface area contributed by atoms with Crippen molar-refractivity contribution in [2.45, 2.75) is 39.8 Å². The first-order chi connectivity index (χ1) is 8.61. The van der Waals surface area contributed by atoms with Crippen LogP contribution < -0.4 is 5.73 Å². The minimum absolute atomic E-state index is 0.533. The van der Waals surface area contributed by atoms with Gasteiger partial charge in [0.2, 0.25) is 0 Å². The highest BCUT2D eigenvalue weighted by atomic mass is 15.1. The number of nitrogens with two attached hydrogens (primary N) is 1. The number of hydrogen-bond acceptors (Lipinski definition) is 2. The second-order valence-electron chi connectivity index (χ2n) is 4.98. The van der Waals surface area contributed by atoms with E-state index in [0.717, 1.165) is 18.1 Å². The van der Waals surface area contributed by atoms with Gasteiger partial charge in [-0.1, -0.05) is 38.1 Å². The van der Waals surface area contributed by atoms with E-state index in [1.165, 1.54) is 11.1 Å². The van der Waals surface area contributed by atoms with Crippen molar-refractivity contribution in [2.24, 2.45) is 5.73 Å². The molecule has 1 aromatic heterocycles. The van der Waals surface area contributed by atoms with E-state index >= 15 is 0 Å². The average molecular weight is 243 g/mol. The molecule has 0 radical (unpaired) electrons. The Bertz CT molecular complexity index is 509. The molecule has 2 aromatic rings. The summed E-state index contributed by atoms with van der Waals surface area (Å²) in [6.07, 6.45) is 1.86. The Balaban J connectivity index is 2.20. The van der Waals surface area contributed by atoms with Gasteiger partial charge in [-0.3, -0.25) is 0 Å². The quantitative estimate of drug-likeness (QED) is 0.897. The molecule has 0 aliphatic rings. The van der Waals surface area contributed by atoms with Crippen molar-refractivity contribution in [3.8, 4) is 0 Å². The summed E-state index contributed by atoms with van der Waals surface area (Å²) in [6.45, 7) is 7.81. The highest BCUT2D eigenvalue weighted by Crippen LogP contribution is 2.16. The minimum atomic E-state index is 0.533. The molecule has 1 aromatic carbocycles. The fraction of sp³-hybridized carbons (Fsp3) is 0.400. The molecule has 3 nitrogen and oxygen atoms in total. The molecular formula is C15H21N3. The van der Waals surface area contributed by atoms with Crippen molar-refractivity contribution in [3.05, 3.63) is 53.1 Å². The molecule has 96 valence electrons. The molecule has 2 N–H and O–H groups in total. The van der Waals surface area contributed by atoms with Crippen molar-refractivity contribution in [3.63, 3.8) is 0 Å². The number of benzene rings is 1. The van der Waals surface area contributed by atoms with Crippen molar-refractivity contribution >= 4 is 0 Å². The number of hydrogen-bond donors (Lipinski definition) is 1. The van der Waals surface area contributed by atoms with Gasteiger partial charge in [-0.25, -0.2) is 4.98 Å². The maximum atomic E-state index is 5.72. The van der Waals surface area contributed by atoms with Gasteiger partial charge < -0.3 is 10.3 Å². The van der Waals surface area contributed by atoms with E-state index in [1.54, 1.807) is 0 Å². The second-order valence-corrected chi connectivity index (χ2v) is 4.98. The smallest absolute Gasteiger partial charge is 0.106 e. The molecule has 2 rings (SSSR count). The highest BCUT2D eigenvalue weighted by molar-refractivity contribution is 5.25. The van der Waals surface area contributed by atoms with Crippen LogP contribution in [0.4, 0.5) is 0 Å². The molecule has 0 spiro atoms. The van der Waals surface area contributed by atoms with E-state index in [0.29, 0.717) is 12.5 Å². The van der Waals surface area contributed by atoms with E-state index in [-0.39, 0.29) is 0 Å². The zero-order chi connectivity index (χ0) is 13.1. The van der Waals surface area contributed by atoms with Gasteiger partial charge in [-0.15, -0.1) is 0 Å². The van der Waals surface area contributed by atoms with Gasteiger partial charge in [-0.2, -0.15) is 0 Å². The third kappa shape index (κ3) is 2.62. The van der Waals surface area contributed by atoms with E-state index in [4.69, 9.17) is 5.73 Å². The summed E-state index contributed by atoms with van der Waals surface area (Å²) in [6, 6.07) is 8.78. The molecule has 18 heavy (non-hydrogen) atoms. The lowest BCUT2D eigenvalue weighted by Gasteiger charge is -2.11. The molecule has 0 saturated carbocycles. The summed E-state index contributed by atoms with van der Waals surface area (Å²) in [5.41, 5.74) is 9.47. The Morgan fingerprint density at radius 1 is 1.22 bits per heavy atom. The van der Waals surface area contributed by atoms with Crippen LogP contribution in [-0.2, 0) is 13.1 Å². The average Bonchev–Trinajstić information content (AvgIpc) is 2.71. The minimum Gasteiger partial charge on any atom is -0.327 e. The summed E-state index contributed by atoms with van der Waals surface area (Å²) in [5, 5.41) is 0. The van der Waals surface area contributed by atoms with Gasteiger partial charge in [0.1, 0.15) is 5.82 Å². The van der Waals surface area contributed by atoms with Crippen LogP contribution in [0.25, 0.3) is 0 Å². The Labute approximate surface area is 109 Å². The molecule has 1 heterocycles. The van der Waals surface area contributed by atoms with Crippen LogP contribution in [0.15, 0.2) is 30.5 Å². The maximum absolute atomic E-state index is 5.72. The van der Waals surface area contributed by atoms with Gasteiger partial charge in [0.15, 0.2) is 0 Å². The summed E-state index contributed by atoms with van der Waals surface area (Å²) in [5.74, 6) is 1.59. The third-order valence-electron chi connectivity index (χ3n) is 3.33. The van der Waals surface area contributed by atoms with Gasteiger partial charge >= 0.3 is 0 Å². The normalized spacial score (nSPS) is 11.2. The number of aromatic nitrogens is 2. The molecule has 0 atom stereocenters. The predicted molar refractivity (Wildman–Crippen MR) is 74.5 cm³/mol. The SMILES string of the molecule is Cc1ncc(CN)n1Cc1ccc(C(C)C)cc1. The summed E-state index contributed by atoms with van der Waals surface area (Å²) in [7, 11) is 0. The molecule has 0 aliphatic heterocycles. The second kappa shape index (κ2) is 5.36. The van der Waals surface area contributed by atoms with E-state index in [1.807, 2.05) is 13.1 Å². The zero-order valence-corrected chi connectivity index (χ0v) is 11.4. The Hall–Kier alpha value is -1.61. The lowest BCUT2D eigenvalue weighted by molar-refractivity contribution is 0.713. The maximum Gasteiger partial charge on any atom is 0.106 e. The number of aryl methyl sites for hydroxylation is 1. The van der Waals surface area contributed by atoms with E-state index < -0.39 is 0 Å². The lowest BCUT2D eigenvalue weighted by atomic mass is 10.0. The molecule has 0 amide bonds. The molecule has 0 saturated heterocycles. The third-order valence-corrected chi connectivity index (χ3v) is 3.33. The number of nitrogens with zero attached hydrogens (tertiary/aromatic N) is 2. The Morgan fingerprint density at radius 3 is 2.44 bits per heavy atom. The Kier molecular flexibility index (Phi) is 3.82. The van der Waals surface area contributed by atoms with Crippen LogP contribution in [0.3, 0.4) is 0 Å². The summed E-state index contributed by atoms with van der Waals surface area (Å²) in [4.78, 5) is 4.31. The van der Waals surface area contributed by atoms with Gasteiger partial charge in [0.05, 0.1) is 5.69 Å². The Morgan fingerprint density at radius 2 is 1.89 bits per heavy atom. The van der Waals surface area contributed by atoms with E-state index in [9.17, 15) is 0 Å². The molecule has 0 bridgehead atoms. The molecule has 3 heteroatoms. The summed E-state index contributed by atoms with van der Waals surface area (Å²) < 4.78 is 2.17. The van der Waals surface area contributed by atoms with Gasteiger partial charge in [0, 0.05) is 19.3 Å². The topological polar surface area (TPSA) is 43.8 Å². The molecule has 0 fully saturated rings. The van der Waals surface area contributed by atoms with Crippen molar-refractivity contribution in [1.82, 2.24) is 9.55 Å². The first kappa shape index (κ1) is 12.8. The molecular weight excluding hydrogens is 222 g/mol. The van der Waals surface area contributed by atoms with Gasteiger partial charge in [0.25, 0.3) is 0 Å². The van der Waals surface area contributed by atoms with Crippen LogP contribution in [0.1, 0.15) is 42.4 Å². The molecule has 0 aliphatic carbocycles. The summed E-state index contributed by atoms with van der Waals surface area (Å²) >= 11 is 0. The monoisotopic (exact) mass is 243 g/mol. The zero-order valence-electron chi connectivity index (χ0n) is 11.4. The van der Waals surface area contributed by atoms with E-state index in [2.05, 4.69) is 47.7 Å². The van der Waals surface area contributed by atoms with Crippen LogP contribution in [0, 0.1) is 6.92 Å². The number of rotatable bonds is 4. The first-order valence-electron chi connectivity index (χ1n) is 6.41. The van der Waals surface area contributed by atoms with Crippen LogP contribution >= 0.6 is 0 Å². The first-order valence-corrected chi connectivity index (χ1v) is 6.41.